The highest BCUT2D eigenvalue weighted by Crippen LogP contribution is 2.29. The number of aromatic nitrogens is 5. The third kappa shape index (κ3) is 8.48. The monoisotopic (exact) mass is 753 g/mol. The fraction of sp³-hybridized carbons (Fsp3) is 0.0333. The molecule has 0 unspecified atom stereocenters. The standard InChI is InChI=1S/C16H10BrF3N4O.C14H10BrN5O/c17-9-4-5-11-10(8-9)12(6-7-21-11)22-15(25)24-14-3-1-2-13(23-14)16(18,19)20;15-9-1-2-11-10(7-9)12(3-4-17-11)19-14(21)20-13-8-16-5-6-18-13/h1-8H,(H2,21,22,23,24,25);1-8H,(H2,17,18,19,20,21). The van der Waals surface area contributed by atoms with Crippen LogP contribution in [0.25, 0.3) is 21.8 Å². The smallest absolute Gasteiger partial charge is 0.307 e. The molecule has 6 aromatic rings. The van der Waals surface area contributed by atoms with E-state index < -0.39 is 17.9 Å². The van der Waals surface area contributed by atoms with Crippen molar-refractivity contribution in [2.45, 2.75) is 6.18 Å². The maximum Gasteiger partial charge on any atom is 0.433 e. The molecular formula is C30H20Br2F3N9O2. The highest BCUT2D eigenvalue weighted by Gasteiger charge is 2.32. The number of halogens is 5. The van der Waals surface area contributed by atoms with Crippen molar-refractivity contribution in [3.8, 4) is 0 Å². The second kappa shape index (κ2) is 14.3. The number of carbonyl (C=O) groups excluding carboxylic acids is 2. The number of rotatable bonds is 4. The van der Waals surface area contributed by atoms with Crippen LogP contribution >= 0.6 is 31.9 Å². The van der Waals surface area contributed by atoms with Crippen molar-refractivity contribution in [1.82, 2.24) is 24.9 Å². The summed E-state index contributed by atoms with van der Waals surface area (Å²) in [6, 6.07) is 16.6. The minimum Gasteiger partial charge on any atom is -0.307 e. The molecule has 2 aromatic carbocycles. The van der Waals surface area contributed by atoms with Gasteiger partial charge in [0.2, 0.25) is 0 Å². The van der Waals surface area contributed by atoms with Crippen LogP contribution in [0.4, 0.5) is 45.8 Å². The van der Waals surface area contributed by atoms with Crippen molar-refractivity contribution in [3.63, 3.8) is 0 Å². The SMILES string of the molecule is O=C(Nc1cccc(C(F)(F)F)n1)Nc1ccnc2ccc(Br)cc12.O=C(Nc1cnccn1)Nc1ccnc2ccc(Br)cc12. The molecule has 0 aliphatic rings. The van der Waals surface area contributed by atoms with Crippen molar-refractivity contribution >= 4 is 88.7 Å². The Morgan fingerprint density at radius 3 is 1.72 bits per heavy atom. The van der Waals surface area contributed by atoms with E-state index in [1.807, 2.05) is 24.3 Å². The summed E-state index contributed by atoms with van der Waals surface area (Å²) in [5.74, 6) is 0.182. The molecule has 232 valence electrons. The van der Waals surface area contributed by atoms with E-state index in [-0.39, 0.29) is 11.8 Å². The van der Waals surface area contributed by atoms with Gasteiger partial charge >= 0.3 is 18.2 Å². The number of nitrogens with one attached hydrogen (secondary N) is 4. The topological polar surface area (TPSA) is 147 Å². The molecule has 0 aliphatic carbocycles. The lowest BCUT2D eigenvalue weighted by molar-refractivity contribution is -0.141. The quantitative estimate of drug-likeness (QED) is 0.141. The van der Waals surface area contributed by atoms with E-state index >= 15 is 0 Å². The van der Waals surface area contributed by atoms with E-state index in [2.05, 4.69) is 78.0 Å². The van der Waals surface area contributed by atoms with Gasteiger partial charge in [0.15, 0.2) is 5.82 Å². The fourth-order valence-corrected chi connectivity index (χ4v) is 4.74. The molecule has 4 amide bonds. The van der Waals surface area contributed by atoms with Crippen molar-refractivity contribution < 1.29 is 22.8 Å². The Hall–Kier alpha value is -5.22. The Bertz CT molecular complexity index is 2030. The highest BCUT2D eigenvalue weighted by molar-refractivity contribution is 9.10. The van der Waals surface area contributed by atoms with Crippen LogP contribution in [0.5, 0.6) is 0 Å². The van der Waals surface area contributed by atoms with Gasteiger partial charge in [-0.15, -0.1) is 0 Å². The molecule has 11 nitrogen and oxygen atoms in total. The van der Waals surface area contributed by atoms with Crippen molar-refractivity contribution in [1.29, 1.82) is 0 Å². The predicted molar refractivity (Wildman–Crippen MR) is 175 cm³/mol. The fourth-order valence-electron chi connectivity index (χ4n) is 4.02. The van der Waals surface area contributed by atoms with Crippen molar-refractivity contribution in [3.05, 3.63) is 112 Å². The van der Waals surface area contributed by atoms with Crippen LogP contribution in [0.2, 0.25) is 0 Å². The molecule has 0 aliphatic heterocycles. The molecule has 4 N–H and O–H groups in total. The summed E-state index contributed by atoms with van der Waals surface area (Å²) in [7, 11) is 0. The number of hydrogen-bond acceptors (Lipinski definition) is 7. The van der Waals surface area contributed by atoms with Gasteiger partial charge in [0, 0.05) is 44.5 Å². The first-order valence-electron chi connectivity index (χ1n) is 13.1. The molecule has 0 radical (unpaired) electrons. The van der Waals surface area contributed by atoms with Crippen LogP contribution in [0.3, 0.4) is 0 Å². The summed E-state index contributed by atoms with van der Waals surface area (Å²) in [5.41, 5.74) is 1.52. The van der Waals surface area contributed by atoms with Crippen molar-refractivity contribution in [2.24, 2.45) is 0 Å². The first kappa shape index (κ1) is 32.2. The van der Waals surface area contributed by atoms with Gasteiger partial charge in [-0.1, -0.05) is 37.9 Å². The highest BCUT2D eigenvalue weighted by atomic mass is 79.9. The molecular weight excluding hydrogens is 735 g/mol. The molecule has 0 saturated heterocycles. The average molecular weight is 755 g/mol. The molecule has 46 heavy (non-hydrogen) atoms. The van der Waals surface area contributed by atoms with Crippen LogP contribution in [0, 0.1) is 0 Å². The number of benzene rings is 2. The third-order valence-corrected chi connectivity index (χ3v) is 6.98. The van der Waals surface area contributed by atoms with Gasteiger partial charge in [-0.3, -0.25) is 25.6 Å². The molecule has 0 bridgehead atoms. The largest absolute Gasteiger partial charge is 0.433 e. The van der Waals surface area contributed by atoms with Crippen LogP contribution in [-0.2, 0) is 6.18 Å². The molecule has 0 saturated carbocycles. The molecule has 0 atom stereocenters. The van der Waals surface area contributed by atoms with E-state index in [0.29, 0.717) is 28.1 Å². The Balaban J connectivity index is 0.000000184. The number of amides is 4. The Labute approximate surface area is 275 Å². The number of carbonyl (C=O) groups is 2. The first-order valence-corrected chi connectivity index (χ1v) is 14.7. The van der Waals surface area contributed by atoms with Crippen LogP contribution in [-0.4, -0.2) is 37.0 Å². The normalized spacial score (nSPS) is 10.9. The molecule has 0 spiro atoms. The van der Waals surface area contributed by atoms with E-state index in [0.717, 1.165) is 25.9 Å². The van der Waals surface area contributed by atoms with E-state index in [4.69, 9.17) is 0 Å². The van der Waals surface area contributed by atoms with E-state index in [9.17, 15) is 22.8 Å². The van der Waals surface area contributed by atoms with Crippen molar-refractivity contribution in [2.75, 3.05) is 21.3 Å². The van der Waals surface area contributed by atoms with Gasteiger partial charge in [0.25, 0.3) is 0 Å². The van der Waals surface area contributed by atoms with Gasteiger partial charge in [0.05, 0.1) is 28.6 Å². The zero-order valence-electron chi connectivity index (χ0n) is 23.2. The Kier molecular flexibility index (Phi) is 9.97. The second-order valence-corrected chi connectivity index (χ2v) is 11.0. The molecule has 16 heteroatoms. The molecule has 4 aromatic heterocycles. The van der Waals surface area contributed by atoms with Crippen LogP contribution in [0.15, 0.2) is 107 Å². The summed E-state index contributed by atoms with van der Waals surface area (Å²) >= 11 is 6.75. The second-order valence-electron chi connectivity index (χ2n) is 9.19. The van der Waals surface area contributed by atoms with E-state index in [1.54, 1.807) is 30.5 Å². The average Bonchev–Trinajstić information content (AvgIpc) is 3.02. The number of nitrogens with zero attached hydrogens (tertiary/aromatic N) is 5. The van der Waals surface area contributed by atoms with Gasteiger partial charge in [-0.25, -0.2) is 19.6 Å². The number of pyridine rings is 3. The lowest BCUT2D eigenvalue weighted by atomic mass is 10.2. The maximum atomic E-state index is 12.7. The number of anilines is 4. The first-order chi connectivity index (χ1) is 22.0. The number of fused-ring (bicyclic) bond motifs is 2. The van der Waals surface area contributed by atoms with Gasteiger partial charge < -0.3 is 10.6 Å². The molecule has 4 heterocycles. The van der Waals surface area contributed by atoms with Crippen LogP contribution in [0.1, 0.15) is 5.69 Å². The Morgan fingerprint density at radius 1 is 0.630 bits per heavy atom. The molecule has 6 rings (SSSR count). The van der Waals surface area contributed by atoms with Gasteiger partial charge in [-0.2, -0.15) is 13.2 Å². The minimum atomic E-state index is -4.58. The van der Waals surface area contributed by atoms with E-state index in [1.165, 1.54) is 36.9 Å². The predicted octanol–water partition coefficient (Wildman–Crippen LogP) is 8.49. The number of hydrogen-bond donors (Lipinski definition) is 4. The summed E-state index contributed by atoms with van der Waals surface area (Å²) in [6.07, 6.45) is 3.11. The lowest BCUT2D eigenvalue weighted by Crippen LogP contribution is -2.21. The minimum absolute atomic E-state index is 0.202. The Morgan fingerprint density at radius 2 is 1.20 bits per heavy atom. The zero-order chi connectivity index (χ0) is 32.7. The van der Waals surface area contributed by atoms with Gasteiger partial charge in [-0.05, 0) is 60.7 Å². The van der Waals surface area contributed by atoms with Gasteiger partial charge in [0.1, 0.15) is 11.5 Å². The summed E-state index contributed by atoms with van der Waals surface area (Å²) < 4.78 is 39.7. The zero-order valence-corrected chi connectivity index (χ0v) is 26.4. The summed E-state index contributed by atoms with van der Waals surface area (Å²) in [6.45, 7) is 0. The summed E-state index contributed by atoms with van der Waals surface area (Å²) in [5, 5.41) is 11.8. The molecule has 0 fully saturated rings. The third-order valence-electron chi connectivity index (χ3n) is 5.99. The lowest BCUT2D eigenvalue weighted by Gasteiger charge is -2.11. The van der Waals surface area contributed by atoms with Crippen LogP contribution < -0.4 is 21.3 Å². The maximum absolute atomic E-state index is 12.7. The number of alkyl halides is 3. The number of urea groups is 2. The summed E-state index contributed by atoms with van der Waals surface area (Å²) in [4.78, 5) is 43.8.